The number of fused-ring (bicyclic) bond motifs is 1. The van der Waals surface area contributed by atoms with E-state index in [1.54, 1.807) is 6.07 Å². The van der Waals surface area contributed by atoms with Crippen molar-refractivity contribution in [3.05, 3.63) is 40.8 Å². The van der Waals surface area contributed by atoms with Gasteiger partial charge < -0.3 is 0 Å². The van der Waals surface area contributed by atoms with Crippen LogP contribution in [0.1, 0.15) is 5.69 Å². The Bertz CT molecular complexity index is 546. The number of halogens is 2. The van der Waals surface area contributed by atoms with E-state index in [0.29, 0.717) is 10.9 Å². The van der Waals surface area contributed by atoms with E-state index in [-0.39, 0.29) is 10.7 Å². The normalized spacial score (nSPS) is 10.1. The standard InChI is InChI=1S/C10H4ClFN2/c11-9-4-7(12)3-6-1-2-8(5-13)14-10(6)9/h1-4H. The molecule has 0 aliphatic heterocycles. The Labute approximate surface area is 84.6 Å². The predicted molar refractivity (Wildman–Crippen MR) is 51.4 cm³/mol. The quantitative estimate of drug-likeness (QED) is 0.665. The highest BCUT2D eigenvalue weighted by molar-refractivity contribution is 6.35. The first-order valence-electron chi connectivity index (χ1n) is 3.86. The molecule has 1 heterocycles. The lowest BCUT2D eigenvalue weighted by Gasteiger charge is -1.99. The summed E-state index contributed by atoms with van der Waals surface area (Å²) in [6, 6.07) is 7.55. The van der Waals surface area contributed by atoms with Gasteiger partial charge in [0, 0.05) is 5.39 Å². The molecule has 1 aromatic heterocycles. The van der Waals surface area contributed by atoms with Crippen LogP contribution in [0, 0.1) is 17.1 Å². The topological polar surface area (TPSA) is 36.7 Å². The molecule has 0 saturated heterocycles. The molecule has 2 aromatic rings. The Morgan fingerprint density at radius 3 is 2.86 bits per heavy atom. The van der Waals surface area contributed by atoms with Gasteiger partial charge in [0.2, 0.25) is 0 Å². The van der Waals surface area contributed by atoms with Gasteiger partial charge in [-0.25, -0.2) is 9.37 Å². The molecule has 0 saturated carbocycles. The van der Waals surface area contributed by atoms with E-state index in [1.807, 2.05) is 6.07 Å². The summed E-state index contributed by atoms with van der Waals surface area (Å²) in [5, 5.41) is 9.42. The fraction of sp³-hybridized carbons (Fsp3) is 0. The first kappa shape index (κ1) is 8.92. The van der Waals surface area contributed by atoms with Crippen molar-refractivity contribution in [1.82, 2.24) is 4.98 Å². The maximum absolute atomic E-state index is 12.9. The van der Waals surface area contributed by atoms with Crippen LogP contribution in [-0.4, -0.2) is 4.98 Å². The molecule has 0 amide bonds. The summed E-state index contributed by atoms with van der Waals surface area (Å²) in [7, 11) is 0. The smallest absolute Gasteiger partial charge is 0.141 e. The molecule has 0 N–H and O–H groups in total. The van der Waals surface area contributed by atoms with E-state index in [4.69, 9.17) is 16.9 Å². The zero-order valence-electron chi connectivity index (χ0n) is 6.96. The maximum Gasteiger partial charge on any atom is 0.141 e. The minimum atomic E-state index is -0.408. The molecule has 0 fully saturated rings. The third-order valence-corrected chi connectivity index (χ3v) is 2.11. The van der Waals surface area contributed by atoms with Gasteiger partial charge in [-0.2, -0.15) is 5.26 Å². The molecule has 2 rings (SSSR count). The molecular formula is C10H4ClFN2. The van der Waals surface area contributed by atoms with Crippen LogP contribution in [0.15, 0.2) is 24.3 Å². The van der Waals surface area contributed by atoms with Gasteiger partial charge in [0.15, 0.2) is 0 Å². The third-order valence-electron chi connectivity index (χ3n) is 1.83. The fourth-order valence-electron chi connectivity index (χ4n) is 1.22. The molecule has 0 bridgehead atoms. The average molecular weight is 207 g/mol. The number of pyridine rings is 1. The molecule has 0 atom stereocenters. The van der Waals surface area contributed by atoms with E-state index in [9.17, 15) is 4.39 Å². The molecule has 4 heteroatoms. The Balaban J connectivity index is 2.84. The second-order valence-electron chi connectivity index (χ2n) is 2.77. The monoisotopic (exact) mass is 206 g/mol. The maximum atomic E-state index is 12.9. The largest absolute Gasteiger partial charge is 0.236 e. The van der Waals surface area contributed by atoms with Crippen LogP contribution in [0.3, 0.4) is 0 Å². The number of aromatic nitrogens is 1. The lowest BCUT2D eigenvalue weighted by molar-refractivity contribution is 0.629. The van der Waals surface area contributed by atoms with E-state index in [2.05, 4.69) is 4.98 Å². The van der Waals surface area contributed by atoms with Crippen LogP contribution in [0.5, 0.6) is 0 Å². The van der Waals surface area contributed by atoms with Crippen molar-refractivity contribution < 1.29 is 4.39 Å². The molecule has 0 radical (unpaired) electrons. The van der Waals surface area contributed by atoms with Gasteiger partial charge in [-0.05, 0) is 24.3 Å². The Morgan fingerprint density at radius 1 is 1.36 bits per heavy atom. The van der Waals surface area contributed by atoms with Crippen LogP contribution >= 0.6 is 11.6 Å². The van der Waals surface area contributed by atoms with Crippen molar-refractivity contribution in [1.29, 1.82) is 5.26 Å². The summed E-state index contributed by atoms with van der Waals surface area (Å²) in [5.74, 6) is -0.408. The highest BCUT2D eigenvalue weighted by Gasteiger charge is 2.04. The second-order valence-corrected chi connectivity index (χ2v) is 3.17. The van der Waals surface area contributed by atoms with Gasteiger partial charge in [0.25, 0.3) is 0 Å². The average Bonchev–Trinajstić information content (AvgIpc) is 2.17. The Kier molecular flexibility index (Phi) is 2.06. The molecule has 14 heavy (non-hydrogen) atoms. The summed E-state index contributed by atoms with van der Waals surface area (Å²) in [5.41, 5.74) is 0.720. The predicted octanol–water partition coefficient (Wildman–Crippen LogP) is 2.90. The number of rotatable bonds is 0. The van der Waals surface area contributed by atoms with Crippen molar-refractivity contribution in [2.45, 2.75) is 0 Å². The summed E-state index contributed by atoms with van der Waals surface area (Å²) < 4.78 is 12.9. The molecule has 0 unspecified atom stereocenters. The lowest BCUT2D eigenvalue weighted by atomic mass is 10.2. The molecule has 0 aliphatic carbocycles. The number of hydrogen-bond donors (Lipinski definition) is 0. The number of hydrogen-bond acceptors (Lipinski definition) is 2. The van der Waals surface area contributed by atoms with Crippen LogP contribution < -0.4 is 0 Å². The highest BCUT2D eigenvalue weighted by Crippen LogP contribution is 2.23. The summed E-state index contributed by atoms with van der Waals surface area (Å²) >= 11 is 5.78. The summed E-state index contributed by atoms with van der Waals surface area (Å²) in [6.45, 7) is 0. The highest BCUT2D eigenvalue weighted by atomic mass is 35.5. The summed E-state index contributed by atoms with van der Waals surface area (Å²) in [6.07, 6.45) is 0. The number of nitrogens with zero attached hydrogens (tertiary/aromatic N) is 2. The molecule has 68 valence electrons. The van der Waals surface area contributed by atoms with Crippen molar-refractivity contribution in [2.75, 3.05) is 0 Å². The van der Waals surface area contributed by atoms with Crippen molar-refractivity contribution in [3.63, 3.8) is 0 Å². The zero-order valence-corrected chi connectivity index (χ0v) is 7.72. The minimum Gasteiger partial charge on any atom is -0.236 e. The number of nitriles is 1. The van der Waals surface area contributed by atoms with Crippen LogP contribution in [-0.2, 0) is 0 Å². The van der Waals surface area contributed by atoms with Crippen molar-refractivity contribution in [3.8, 4) is 6.07 Å². The van der Waals surface area contributed by atoms with Gasteiger partial charge in [0.1, 0.15) is 17.6 Å². The minimum absolute atomic E-state index is 0.220. The zero-order chi connectivity index (χ0) is 10.1. The van der Waals surface area contributed by atoms with E-state index in [0.717, 1.165) is 0 Å². The molecule has 1 aromatic carbocycles. The van der Waals surface area contributed by atoms with Gasteiger partial charge >= 0.3 is 0 Å². The van der Waals surface area contributed by atoms with Crippen molar-refractivity contribution >= 4 is 22.5 Å². The van der Waals surface area contributed by atoms with Gasteiger partial charge in [-0.1, -0.05) is 11.6 Å². The Morgan fingerprint density at radius 2 is 2.14 bits per heavy atom. The first-order valence-corrected chi connectivity index (χ1v) is 4.24. The van der Waals surface area contributed by atoms with E-state index < -0.39 is 5.82 Å². The molecular weight excluding hydrogens is 203 g/mol. The third kappa shape index (κ3) is 1.40. The SMILES string of the molecule is N#Cc1ccc2cc(F)cc(Cl)c2n1. The van der Waals surface area contributed by atoms with Gasteiger partial charge in [-0.15, -0.1) is 0 Å². The van der Waals surface area contributed by atoms with Crippen LogP contribution in [0.25, 0.3) is 10.9 Å². The first-order chi connectivity index (χ1) is 6.70. The van der Waals surface area contributed by atoms with E-state index >= 15 is 0 Å². The van der Waals surface area contributed by atoms with Crippen LogP contribution in [0.4, 0.5) is 4.39 Å². The van der Waals surface area contributed by atoms with Crippen LogP contribution in [0.2, 0.25) is 5.02 Å². The van der Waals surface area contributed by atoms with Gasteiger partial charge in [0.05, 0.1) is 10.5 Å². The molecule has 0 spiro atoms. The number of benzene rings is 1. The second kappa shape index (κ2) is 3.24. The Hall–Kier alpha value is -1.66. The fourth-order valence-corrected chi connectivity index (χ4v) is 1.48. The molecule has 0 aliphatic rings. The summed E-state index contributed by atoms with van der Waals surface area (Å²) in [4.78, 5) is 3.97. The molecule has 2 nitrogen and oxygen atoms in total. The van der Waals surface area contributed by atoms with E-state index in [1.165, 1.54) is 18.2 Å². The van der Waals surface area contributed by atoms with Gasteiger partial charge in [-0.3, -0.25) is 0 Å². The van der Waals surface area contributed by atoms with Crippen molar-refractivity contribution in [2.24, 2.45) is 0 Å². The lowest BCUT2D eigenvalue weighted by Crippen LogP contribution is -1.86.